The maximum Gasteiger partial charge on any atom is 0.347 e. The van der Waals surface area contributed by atoms with E-state index in [1.165, 1.54) is 17.5 Å². The number of carboxylic acids is 1. The summed E-state index contributed by atoms with van der Waals surface area (Å²) in [4.78, 5) is 14.9. The van der Waals surface area contributed by atoms with E-state index in [1.807, 2.05) is 0 Å². The van der Waals surface area contributed by atoms with E-state index in [-0.39, 0.29) is 11.0 Å². The minimum absolute atomic E-state index is 0.0955. The van der Waals surface area contributed by atoms with E-state index in [9.17, 15) is 4.79 Å². The lowest BCUT2D eigenvalue weighted by molar-refractivity contribution is 0.0275. The molecule has 1 atom stereocenters. The van der Waals surface area contributed by atoms with Gasteiger partial charge in [0.2, 0.25) is 0 Å². The lowest BCUT2D eigenvalue weighted by Gasteiger charge is -2.21. The van der Waals surface area contributed by atoms with Crippen LogP contribution < -0.4 is 5.32 Å². The van der Waals surface area contributed by atoms with Gasteiger partial charge in [-0.3, -0.25) is 0 Å². The van der Waals surface area contributed by atoms with Crippen LogP contribution in [0, 0.1) is 0 Å². The Labute approximate surface area is 84.7 Å². The summed E-state index contributed by atoms with van der Waals surface area (Å²) in [5, 5.41) is 12.6. The van der Waals surface area contributed by atoms with E-state index in [2.05, 4.69) is 10.3 Å². The summed E-state index contributed by atoms with van der Waals surface area (Å²) in [5.41, 5.74) is 0. The molecule has 0 aromatic carbocycles. The molecule has 2 rings (SSSR count). The van der Waals surface area contributed by atoms with Gasteiger partial charge in [0.1, 0.15) is 16.0 Å². The first kappa shape index (κ1) is 9.57. The molecule has 1 aromatic rings. The Morgan fingerprint density at radius 3 is 3.21 bits per heavy atom. The number of thiazole rings is 1. The molecule has 1 aliphatic rings. The molecule has 14 heavy (non-hydrogen) atoms. The molecule has 0 spiro atoms. The van der Waals surface area contributed by atoms with E-state index in [1.54, 1.807) is 0 Å². The van der Waals surface area contributed by atoms with Crippen LogP contribution in [-0.2, 0) is 4.74 Å². The predicted molar refractivity (Wildman–Crippen MR) is 50.6 cm³/mol. The molecule has 6 heteroatoms. The van der Waals surface area contributed by atoms with Crippen LogP contribution >= 0.6 is 11.3 Å². The molecule has 2 heterocycles. The van der Waals surface area contributed by atoms with Crippen molar-refractivity contribution in [2.75, 3.05) is 19.7 Å². The molecular formula is C8H10N2O3S. The fraction of sp³-hybridized carbons (Fsp3) is 0.500. The lowest BCUT2D eigenvalue weighted by atomic mass is 10.3. The van der Waals surface area contributed by atoms with Gasteiger partial charge in [-0.25, -0.2) is 9.78 Å². The van der Waals surface area contributed by atoms with Crippen LogP contribution in [0.15, 0.2) is 6.20 Å². The van der Waals surface area contributed by atoms with Gasteiger partial charge in [0.05, 0.1) is 12.8 Å². The van der Waals surface area contributed by atoms with Gasteiger partial charge in [0.15, 0.2) is 0 Å². The second-order valence-corrected chi connectivity index (χ2v) is 3.99. The maximum absolute atomic E-state index is 10.6. The van der Waals surface area contributed by atoms with Crippen LogP contribution in [0.3, 0.4) is 0 Å². The van der Waals surface area contributed by atoms with Gasteiger partial charge in [-0.1, -0.05) is 0 Å². The zero-order valence-corrected chi connectivity index (χ0v) is 8.21. The lowest BCUT2D eigenvalue weighted by Crippen LogP contribution is -2.33. The standard InChI is InChI=1S/C8H10N2O3S/c11-8(12)6-4-10-7(14-6)5-3-9-1-2-13-5/h4-5,9H,1-3H2,(H,11,12). The average molecular weight is 214 g/mol. The number of hydrogen-bond donors (Lipinski definition) is 2. The summed E-state index contributed by atoms with van der Waals surface area (Å²) in [6.07, 6.45) is 1.28. The highest BCUT2D eigenvalue weighted by molar-refractivity contribution is 7.13. The molecule has 0 radical (unpaired) electrons. The zero-order chi connectivity index (χ0) is 9.97. The van der Waals surface area contributed by atoms with E-state index in [0.29, 0.717) is 13.2 Å². The molecule has 1 unspecified atom stereocenters. The topological polar surface area (TPSA) is 71.5 Å². The minimum Gasteiger partial charge on any atom is -0.477 e. The fourth-order valence-corrected chi connectivity index (χ4v) is 2.07. The summed E-state index contributed by atoms with van der Waals surface area (Å²) < 4.78 is 5.45. The van der Waals surface area contributed by atoms with E-state index in [4.69, 9.17) is 9.84 Å². The van der Waals surface area contributed by atoms with Gasteiger partial charge in [-0.2, -0.15) is 0 Å². The fourth-order valence-electron chi connectivity index (χ4n) is 1.26. The van der Waals surface area contributed by atoms with Gasteiger partial charge in [0.25, 0.3) is 0 Å². The van der Waals surface area contributed by atoms with Crippen molar-refractivity contribution in [2.45, 2.75) is 6.10 Å². The number of ether oxygens (including phenoxy) is 1. The highest BCUT2D eigenvalue weighted by Gasteiger charge is 2.20. The summed E-state index contributed by atoms with van der Waals surface area (Å²) >= 11 is 1.17. The molecule has 2 N–H and O–H groups in total. The quantitative estimate of drug-likeness (QED) is 0.750. The third-order valence-electron chi connectivity index (χ3n) is 1.94. The molecule has 0 bridgehead atoms. The molecule has 1 aromatic heterocycles. The Morgan fingerprint density at radius 1 is 1.79 bits per heavy atom. The number of aromatic carboxylic acids is 1. The van der Waals surface area contributed by atoms with Gasteiger partial charge < -0.3 is 15.2 Å². The summed E-state index contributed by atoms with van der Waals surface area (Å²) in [6, 6.07) is 0. The molecule has 5 nitrogen and oxygen atoms in total. The van der Waals surface area contributed by atoms with Crippen molar-refractivity contribution in [3.8, 4) is 0 Å². The monoisotopic (exact) mass is 214 g/mol. The first-order chi connectivity index (χ1) is 6.77. The van der Waals surface area contributed by atoms with E-state index in [0.717, 1.165) is 11.6 Å². The number of carbonyl (C=O) groups is 1. The largest absolute Gasteiger partial charge is 0.477 e. The van der Waals surface area contributed by atoms with Crippen LogP contribution in [0.5, 0.6) is 0 Å². The Bertz CT molecular complexity index is 333. The Morgan fingerprint density at radius 2 is 2.64 bits per heavy atom. The molecule has 0 saturated carbocycles. The normalized spacial score (nSPS) is 22.1. The maximum atomic E-state index is 10.6. The van der Waals surface area contributed by atoms with Crippen molar-refractivity contribution in [3.05, 3.63) is 16.1 Å². The molecule has 76 valence electrons. The first-order valence-electron chi connectivity index (χ1n) is 4.28. The van der Waals surface area contributed by atoms with Crippen molar-refractivity contribution < 1.29 is 14.6 Å². The second-order valence-electron chi connectivity index (χ2n) is 2.93. The van der Waals surface area contributed by atoms with Crippen molar-refractivity contribution in [3.63, 3.8) is 0 Å². The highest BCUT2D eigenvalue weighted by Crippen LogP contribution is 2.23. The molecule has 1 fully saturated rings. The molecule has 0 aliphatic carbocycles. The first-order valence-corrected chi connectivity index (χ1v) is 5.10. The van der Waals surface area contributed by atoms with Crippen molar-refractivity contribution in [2.24, 2.45) is 0 Å². The van der Waals surface area contributed by atoms with Crippen molar-refractivity contribution in [1.82, 2.24) is 10.3 Å². The van der Waals surface area contributed by atoms with Crippen LogP contribution in [0.2, 0.25) is 0 Å². The minimum atomic E-state index is -0.933. The van der Waals surface area contributed by atoms with Gasteiger partial charge in [-0.05, 0) is 0 Å². The SMILES string of the molecule is O=C(O)c1cnc(C2CNCCO2)s1. The number of nitrogens with one attached hydrogen (secondary N) is 1. The second kappa shape index (κ2) is 4.04. The van der Waals surface area contributed by atoms with Gasteiger partial charge in [0, 0.05) is 13.1 Å². The van der Waals surface area contributed by atoms with Crippen molar-refractivity contribution in [1.29, 1.82) is 0 Å². The number of carboxylic acid groups (broad SMARTS) is 1. The van der Waals surface area contributed by atoms with Gasteiger partial charge >= 0.3 is 5.97 Å². The molecular weight excluding hydrogens is 204 g/mol. The van der Waals surface area contributed by atoms with Crippen LogP contribution in [0.4, 0.5) is 0 Å². The van der Waals surface area contributed by atoms with Crippen molar-refractivity contribution >= 4 is 17.3 Å². The highest BCUT2D eigenvalue weighted by atomic mass is 32.1. The number of nitrogens with zero attached hydrogens (tertiary/aromatic N) is 1. The third-order valence-corrected chi connectivity index (χ3v) is 3.01. The number of hydrogen-bond acceptors (Lipinski definition) is 5. The Kier molecular flexibility index (Phi) is 2.76. The molecule has 0 amide bonds. The third kappa shape index (κ3) is 1.92. The summed E-state index contributed by atoms with van der Waals surface area (Å²) in [6.45, 7) is 2.19. The van der Waals surface area contributed by atoms with E-state index >= 15 is 0 Å². The Hall–Kier alpha value is -0.980. The zero-order valence-electron chi connectivity index (χ0n) is 7.40. The van der Waals surface area contributed by atoms with Crippen LogP contribution in [0.25, 0.3) is 0 Å². The van der Waals surface area contributed by atoms with E-state index < -0.39 is 5.97 Å². The molecule has 1 aliphatic heterocycles. The number of aromatic nitrogens is 1. The molecule has 1 saturated heterocycles. The number of rotatable bonds is 2. The number of morpholine rings is 1. The van der Waals surface area contributed by atoms with Crippen LogP contribution in [0.1, 0.15) is 20.8 Å². The van der Waals surface area contributed by atoms with Gasteiger partial charge in [-0.15, -0.1) is 11.3 Å². The smallest absolute Gasteiger partial charge is 0.347 e. The predicted octanol–water partition coefficient (Wildman–Crippen LogP) is 0.502. The summed E-state index contributed by atoms with van der Waals surface area (Å²) in [7, 11) is 0. The Balaban J connectivity index is 2.11. The average Bonchev–Trinajstić information content (AvgIpc) is 2.68. The van der Waals surface area contributed by atoms with Crippen LogP contribution in [-0.4, -0.2) is 35.8 Å². The summed E-state index contributed by atoms with van der Waals surface area (Å²) in [5.74, 6) is -0.933.